The Morgan fingerprint density at radius 1 is 1.24 bits per heavy atom. The number of carbonyl (C=O) groups is 1. The quantitative estimate of drug-likeness (QED) is 0.543. The molecule has 150 valence electrons. The number of aryl methyl sites for hydroxylation is 1. The number of fused-ring (bicyclic) bond motifs is 3. The normalized spacial score (nSPS) is 12.4. The number of amides is 1. The van der Waals surface area contributed by atoms with Crippen LogP contribution < -0.4 is 15.6 Å². The van der Waals surface area contributed by atoms with Gasteiger partial charge in [-0.2, -0.15) is 5.10 Å². The van der Waals surface area contributed by atoms with Gasteiger partial charge in [-0.15, -0.1) is 0 Å². The van der Waals surface area contributed by atoms with Crippen LogP contribution >= 0.6 is 0 Å². The predicted molar refractivity (Wildman–Crippen MR) is 108 cm³/mol. The maximum atomic E-state index is 12.9. The average molecular weight is 394 g/mol. The van der Waals surface area contributed by atoms with E-state index in [9.17, 15) is 9.59 Å². The van der Waals surface area contributed by atoms with Gasteiger partial charge in [0.2, 0.25) is 5.91 Å². The second-order valence-electron chi connectivity index (χ2n) is 6.80. The topological polar surface area (TPSA) is 90.8 Å². The fourth-order valence-corrected chi connectivity index (χ4v) is 3.38. The van der Waals surface area contributed by atoms with Crippen molar-refractivity contribution in [2.75, 3.05) is 6.61 Å². The molecule has 8 nitrogen and oxygen atoms in total. The monoisotopic (exact) mass is 394 g/mol. The van der Waals surface area contributed by atoms with Crippen LogP contribution in [0.25, 0.3) is 16.6 Å². The number of furan rings is 1. The summed E-state index contributed by atoms with van der Waals surface area (Å²) >= 11 is 0. The number of benzene rings is 1. The molecule has 0 saturated carbocycles. The molecule has 0 saturated heterocycles. The lowest BCUT2D eigenvalue weighted by Crippen LogP contribution is -2.38. The Bertz CT molecular complexity index is 1230. The zero-order valence-electron chi connectivity index (χ0n) is 16.5. The van der Waals surface area contributed by atoms with Crippen LogP contribution in [0, 0.1) is 6.92 Å². The van der Waals surface area contributed by atoms with Crippen molar-refractivity contribution in [1.82, 2.24) is 19.5 Å². The number of rotatable bonds is 6. The van der Waals surface area contributed by atoms with E-state index >= 15 is 0 Å². The number of nitrogens with zero attached hydrogens (tertiary/aromatic N) is 3. The molecule has 29 heavy (non-hydrogen) atoms. The molecule has 0 unspecified atom stereocenters. The first kappa shape index (κ1) is 18.8. The molecule has 8 heteroatoms. The molecular weight excluding hydrogens is 372 g/mol. The van der Waals surface area contributed by atoms with Gasteiger partial charge in [-0.1, -0.05) is 12.1 Å². The van der Waals surface area contributed by atoms with Gasteiger partial charge in [0.1, 0.15) is 23.1 Å². The smallest absolute Gasteiger partial charge is 0.291 e. The van der Waals surface area contributed by atoms with Gasteiger partial charge in [0.15, 0.2) is 5.58 Å². The predicted octanol–water partition coefficient (Wildman–Crippen LogP) is 2.83. The Balaban J connectivity index is 1.54. The third-order valence-corrected chi connectivity index (χ3v) is 4.87. The van der Waals surface area contributed by atoms with E-state index in [1.165, 1.54) is 4.68 Å². The van der Waals surface area contributed by atoms with Gasteiger partial charge >= 0.3 is 0 Å². The SMILES string of the molecule is CCOc1ccc(CNC(=O)[C@@H](C)n2nc(C)n3c(cc4occc43)c2=O)cc1. The summed E-state index contributed by atoms with van der Waals surface area (Å²) < 4.78 is 13.8. The van der Waals surface area contributed by atoms with E-state index in [0.29, 0.717) is 30.1 Å². The number of ether oxygens (including phenoxy) is 1. The van der Waals surface area contributed by atoms with Crippen molar-refractivity contribution in [3.8, 4) is 5.75 Å². The summed E-state index contributed by atoms with van der Waals surface area (Å²) in [5.41, 5.74) is 2.41. The Morgan fingerprint density at radius 3 is 2.72 bits per heavy atom. The zero-order chi connectivity index (χ0) is 20.5. The molecule has 4 rings (SSSR count). The first-order valence-electron chi connectivity index (χ1n) is 9.47. The lowest BCUT2D eigenvalue weighted by molar-refractivity contribution is -0.124. The molecule has 0 fully saturated rings. The summed E-state index contributed by atoms with van der Waals surface area (Å²) in [6, 6.07) is 10.2. The minimum atomic E-state index is -0.755. The van der Waals surface area contributed by atoms with Crippen LogP contribution in [0.1, 0.15) is 31.3 Å². The highest BCUT2D eigenvalue weighted by atomic mass is 16.5. The number of nitrogens with one attached hydrogen (secondary N) is 1. The molecule has 1 amide bonds. The summed E-state index contributed by atoms with van der Waals surface area (Å²) in [6.07, 6.45) is 1.57. The Hall–Kier alpha value is -3.55. The molecule has 4 aromatic rings. The van der Waals surface area contributed by atoms with Gasteiger partial charge in [0, 0.05) is 18.7 Å². The molecule has 0 aliphatic rings. The van der Waals surface area contributed by atoms with Crippen molar-refractivity contribution in [3.63, 3.8) is 0 Å². The maximum Gasteiger partial charge on any atom is 0.291 e. The molecule has 1 N–H and O–H groups in total. The molecule has 3 heterocycles. The highest BCUT2D eigenvalue weighted by Crippen LogP contribution is 2.20. The summed E-state index contributed by atoms with van der Waals surface area (Å²) in [5, 5.41) is 7.22. The van der Waals surface area contributed by atoms with Crippen LogP contribution in [0.5, 0.6) is 5.75 Å². The summed E-state index contributed by atoms with van der Waals surface area (Å²) in [5.74, 6) is 1.10. The molecule has 0 bridgehead atoms. The average Bonchev–Trinajstić information content (AvgIpc) is 3.31. The number of aromatic nitrogens is 3. The third-order valence-electron chi connectivity index (χ3n) is 4.87. The lowest BCUT2D eigenvalue weighted by Gasteiger charge is -2.15. The molecule has 0 aliphatic heterocycles. The summed E-state index contributed by atoms with van der Waals surface area (Å²) in [6.45, 7) is 6.33. The largest absolute Gasteiger partial charge is 0.494 e. The summed E-state index contributed by atoms with van der Waals surface area (Å²) in [4.78, 5) is 25.6. The Kier molecular flexibility index (Phi) is 4.84. The van der Waals surface area contributed by atoms with Crippen molar-refractivity contribution in [2.24, 2.45) is 0 Å². The lowest BCUT2D eigenvalue weighted by atomic mass is 10.2. The van der Waals surface area contributed by atoms with E-state index in [-0.39, 0.29) is 11.5 Å². The van der Waals surface area contributed by atoms with Gasteiger partial charge in [-0.05, 0) is 38.5 Å². The molecule has 1 aromatic carbocycles. The van der Waals surface area contributed by atoms with Gasteiger partial charge in [0.05, 0.1) is 18.4 Å². The van der Waals surface area contributed by atoms with Crippen molar-refractivity contribution in [1.29, 1.82) is 0 Å². The van der Waals surface area contributed by atoms with Gasteiger partial charge in [-0.25, -0.2) is 4.68 Å². The second-order valence-corrected chi connectivity index (χ2v) is 6.80. The van der Waals surface area contributed by atoms with Crippen LogP contribution in [0.4, 0.5) is 0 Å². The van der Waals surface area contributed by atoms with E-state index in [1.807, 2.05) is 31.2 Å². The maximum absolute atomic E-state index is 12.9. The Morgan fingerprint density at radius 2 is 2.00 bits per heavy atom. The minimum absolute atomic E-state index is 0.285. The highest BCUT2D eigenvalue weighted by Gasteiger charge is 2.21. The van der Waals surface area contributed by atoms with Crippen LogP contribution in [0.15, 0.2) is 51.9 Å². The molecule has 1 atom stereocenters. The number of hydrogen-bond acceptors (Lipinski definition) is 5. The molecule has 0 aliphatic carbocycles. The Labute approximate surface area is 166 Å². The molecule has 0 radical (unpaired) electrons. The fraction of sp³-hybridized carbons (Fsp3) is 0.286. The van der Waals surface area contributed by atoms with Crippen molar-refractivity contribution in [3.05, 3.63) is 64.4 Å². The highest BCUT2D eigenvalue weighted by molar-refractivity contribution is 5.83. The van der Waals surface area contributed by atoms with Crippen molar-refractivity contribution < 1.29 is 13.9 Å². The standard InChI is InChI=1S/C21H22N4O4/c1-4-28-16-7-5-15(6-8-16)12-22-20(26)13(2)25-21(27)18-11-19-17(9-10-29-19)24(18)14(3)23-25/h5-11,13H,4,12H2,1-3H3,(H,22,26)/t13-/m1/s1. The van der Waals surface area contributed by atoms with Crippen LogP contribution in [0.3, 0.4) is 0 Å². The summed E-state index contributed by atoms with van der Waals surface area (Å²) in [7, 11) is 0. The van der Waals surface area contributed by atoms with Crippen molar-refractivity contribution >= 4 is 22.5 Å². The molecular formula is C21H22N4O4. The van der Waals surface area contributed by atoms with E-state index in [2.05, 4.69) is 10.4 Å². The van der Waals surface area contributed by atoms with Crippen LogP contribution in [-0.4, -0.2) is 26.7 Å². The fourth-order valence-electron chi connectivity index (χ4n) is 3.38. The second kappa shape index (κ2) is 7.46. The van der Waals surface area contributed by atoms with Crippen LogP contribution in [-0.2, 0) is 11.3 Å². The van der Waals surface area contributed by atoms with Gasteiger partial charge in [-0.3, -0.25) is 14.0 Å². The first-order valence-corrected chi connectivity index (χ1v) is 9.47. The van der Waals surface area contributed by atoms with E-state index in [4.69, 9.17) is 9.15 Å². The first-order chi connectivity index (χ1) is 14.0. The number of carbonyl (C=O) groups excluding carboxylic acids is 1. The molecule has 3 aromatic heterocycles. The minimum Gasteiger partial charge on any atom is -0.494 e. The van der Waals surface area contributed by atoms with Crippen LogP contribution in [0.2, 0.25) is 0 Å². The third kappa shape index (κ3) is 3.37. The molecule has 0 spiro atoms. The van der Waals surface area contributed by atoms with E-state index < -0.39 is 6.04 Å². The number of hydrogen-bond donors (Lipinski definition) is 1. The van der Waals surface area contributed by atoms with Gasteiger partial charge in [0.25, 0.3) is 5.56 Å². The van der Waals surface area contributed by atoms with E-state index in [0.717, 1.165) is 16.8 Å². The zero-order valence-corrected chi connectivity index (χ0v) is 16.5. The van der Waals surface area contributed by atoms with E-state index in [1.54, 1.807) is 36.6 Å². The van der Waals surface area contributed by atoms with Crippen molar-refractivity contribution in [2.45, 2.75) is 33.4 Å². The van der Waals surface area contributed by atoms with Gasteiger partial charge < -0.3 is 14.5 Å².